The molecule has 2 N–H and O–H groups in total. The van der Waals surface area contributed by atoms with Gasteiger partial charge in [0.05, 0.1) is 0 Å². The molecule has 0 saturated carbocycles. The van der Waals surface area contributed by atoms with Crippen LogP contribution in [0.2, 0.25) is 0 Å². The Morgan fingerprint density at radius 2 is 2.17 bits per heavy atom. The van der Waals surface area contributed by atoms with E-state index in [1.54, 1.807) is 0 Å². The first-order chi connectivity index (χ1) is 5.47. The second kappa shape index (κ2) is 3.44. The van der Waals surface area contributed by atoms with Gasteiger partial charge in [-0.25, -0.2) is 0 Å². The molecular formula is C9H18N2O. The molecule has 1 aliphatic heterocycles. The molecule has 1 heterocycles. The van der Waals surface area contributed by atoms with Crippen molar-refractivity contribution in [2.45, 2.75) is 45.2 Å². The van der Waals surface area contributed by atoms with Crippen molar-refractivity contribution in [3.8, 4) is 0 Å². The van der Waals surface area contributed by atoms with Crippen molar-refractivity contribution in [2.24, 2.45) is 0 Å². The molecule has 0 aromatic carbocycles. The zero-order chi connectivity index (χ0) is 9.19. The molecule has 1 aliphatic rings. The van der Waals surface area contributed by atoms with Crippen LogP contribution in [0.25, 0.3) is 0 Å². The summed E-state index contributed by atoms with van der Waals surface area (Å²) in [6, 6.07) is 0.447. The van der Waals surface area contributed by atoms with E-state index in [2.05, 4.69) is 31.4 Å². The van der Waals surface area contributed by atoms with E-state index >= 15 is 0 Å². The first kappa shape index (κ1) is 9.52. The fourth-order valence-corrected chi connectivity index (χ4v) is 1.47. The Bertz CT molecular complexity index is 162. The van der Waals surface area contributed by atoms with Gasteiger partial charge < -0.3 is 10.6 Å². The SMILES string of the molecule is CC(C)(C)N[C@H]1CCC(=O)NC1. The maximum Gasteiger partial charge on any atom is 0.220 e. The number of carbonyl (C=O) groups excluding carboxylic acids is 1. The van der Waals surface area contributed by atoms with Crippen molar-refractivity contribution in [2.75, 3.05) is 6.54 Å². The molecule has 0 unspecified atom stereocenters. The molecule has 1 rings (SSSR count). The van der Waals surface area contributed by atoms with Gasteiger partial charge in [-0.15, -0.1) is 0 Å². The molecule has 70 valence electrons. The summed E-state index contributed by atoms with van der Waals surface area (Å²) in [6.07, 6.45) is 1.62. The molecule has 3 heteroatoms. The zero-order valence-corrected chi connectivity index (χ0v) is 8.11. The summed E-state index contributed by atoms with van der Waals surface area (Å²) in [4.78, 5) is 10.8. The minimum absolute atomic E-state index is 0.146. The van der Waals surface area contributed by atoms with Crippen molar-refractivity contribution in [1.82, 2.24) is 10.6 Å². The third-order valence-corrected chi connectivity index (χ3v) is 1.90. The lowest BCUT2D eigenvalue weighted by atomic mass is 10.0. The molecule has 0 spiro atoms. The third kappa shape index (κ3) is 3.22. The summed E-state index contributed by atoms with van der Waals surface area (Å²) in [5.41, 5.74) is 0.146. The maximum absolute atomic E-state index is 10.8. The number of carbonyl (C=O) groups is 1. The highest BCUT2D eigenvalue weighted by atomic mass is 16.1. The number of nitrogens with one attached hydrogen (secondary N) is 2. The van der Waals surface area contributed by atoms with Gasteiger partial charge in [-0.05, 0) is 27.2 Å². The summed E-state index contributed by atoms with van der Waals surface area (Å²) in [7, 11) is 0. The van der Waals surface area contributed by atoms with E-state index in [-0.39, 0.29) is 11.4 Å². The summed E-state index contributed by atoms with van der Waals surface area (Å²) in [6.45, 7) is 7.20. The second-order valence-electron chi connectivity index (χ2n) is 4.43. The van der Waals surface area contributed by atoms with Gasteiger partial charge in [-0.2, -0.15) is 0 Å². The largest absolute Gasteiger partial charge is 0.355 e. The van der Waals surface area contributed by atoms with Gasteiger partial charge >= 0.3 is 0 Å². The zero-order valence-electron chi connectivity index (χ0n) is 8.11. The molecule has 1 amide bonds. The summed E-state index contributed by atoms with van der Waals surface area (Å²) in [5, 5.41) is 6.32. The van der Waals surface area contributed by atoms with Crippen LogP contribution < -0.4 is 10.6 Å². The van der Waals surface area contributed by atoms with Gasteiger partial charge in [-0.3, -0.25) is 4.79 Å². The molecule has 0 bridgehead atoms. The first-order valence-corrected chi connectivity index (χ1v) is 4.52. The van der Waals surface area contributed by atoms with Crippen molar-refractivity contribution < 1.29 is 4.79 Å². The molecule has 1 atom stereocenters. The van der Waals surface area contributed by atoms with E-state index in [1.807, 2.05) is 0 Å². The Labute approximate surface area is 73.9 Å². The number of piperidine rings is 1. The van der Waals surface area contributed by atoms with Crippen LogP contribution >= 0.6 is 0 Å². The number of hydrogen-bond donors (Lipinski definition) is 2. The highest BCUT2D eigenvalue weighted by Gasteiger charge is 2.21. The molecule has 0 aromatic heterocycles. The summed E-state index contributed by atoms with van der Waals surface area (Å²) in [5.74, 6) is 0.182. The Balaban J connectivity index is 2.31. The fourth-order valence-electron chi connectivity index (χ4n) is 1.47. The van der Waals surface area contributed by atoms with Crippen LogP contribution in [0.1, 0.15) is 33.6 Å². The standard InChI is InChI=1S/C9H18N2O/c1-9(2,3)11-7-4-5-8(12)10-6-7/h7,11H,4-6H2,1-3H3,(H,10,12)/t7-/m0/s1. The number of rotatable bonds is 1. The average molecular weight is 170 g/mol. The molecule has 3 nitrogen and oxygen atoms in total. The Hall–Kier alpha value is -0.570. The smallest absolute Gasteiger partial charge is 0.220 e. The highest BCUT2D eigenvalue weighted by Crippen LogP contribution is 2.08. The molecule has 12 heavy (non-hydrogen) atoms. The van der Waals surface area contributed by atoms with Gasteiger partial charge in [0.25, 0.3) is 0 Å². The molecule has 0 radical (unpaired) electrons. The highest BCUT2D eigenvalue weighted by molar-refractivity contribution is 5.76. The predicted molar refractivity (Wildman–Crippen MR) is 48.9 cm³/mol. The Kier molecular flexibility index (Phi) is 2.73. The summed E-state index contributed by atoms with van der Waals surface area (Å²) >= 11 is 0. The Morgan fingerprint density at radius 1 is 1.50 bits per heavy atom. The lowest BCUT2D eigenvalue weighted by Crippen LogP contribution is -2.52. The van der Waals surface area contributed by atoms with Crippen LogP contribution in [-0.2, 0) is 4.79 Å². The lowest BCUT2D eigenvalue weighted by Gasteiger charge is -2.31. The van der Waals surface area contributed by atoms with Crippen LogP contribution in [0.15, 0.2) is 0 Å². The predicted octanol–water partition coefficient (Wildman–Crippen LogP) is 0.653. The normalized spacial score (nSPS) is 25.2. The first-order valence-electron chi connectivity index (χ1n) is 4.52. The summed E-state index contributed by atoms with van der Waals surface area (Å²) < 4.78 is 0. The van der Waals surface area contributed by atoms with Crippen LogP contribution in [-0.4, -0.2) is 24.0 Å². The van der Waals surface area contributed by atoms with Gasteiger partial charge in [-0.1, -0.05) is 0 Å². The van der Waals surface area contributed by atoms with Crippen molar-refractivity contribution in [3.63, 3.8) is 0 Å². The van der Waals surface area contributed by atoms with E-state index in [1.165, 1.54) is 0 Å². The van der Waals surface area contributed by atoms with Crippen LogP contribution in [0, 0.1) is 0 Å². The van der Waals surface area contributed by atoms with Crippen molar-refractivity contribution in [1.29, 1.82) is 0 Å². The van der Waals surface area contributed by atoms with Gasteiger partial charge in [0.2, 0.25) is 5.91 Å². The number of amides is 1. The van der Waals surface area contributed by atoms with E-state index in [9.17, 15) is 4.79 Å². The van der Waals surface area contributed by atoms with Gasteiger partial charge in [0, 0.05) is 24.5 Å². The third-order valence-electron chi connectivity index (χ3n) is 1.90. The number of hydrogen-bond acceptors (Lipinski definition) is 2. The maximum atomic E-state index is 10.8. The second-order valence-corrected chi connectivity index (χ2v) is 4.43. The van der Waals surface area contributed by atoms with Crippen molar-refractivity contribution >= 4 is 5.91 Å². The molecule has 0 aliphatic carbocycles. The van der Waals surface area contributed by atoms with Crippen molar-refractivity contribution in [3.05, 3.63) is 0 Å². The fraction of sp³-hybridized carbons (Fsp3) is 0.889. The molecular weight excluding hydrogens is 152 g/mol. The van der Waals surface area contributed by atoms with Crippen LogP contribution in [0.3, 0.4) is 0 Å². The topological polar surface area (TPSA) is 41.1 Å². The van der Waals surface area contributed by atoms with E-state index in [4.69, 9.17) is 0 Å². The van der Waals surface area contributed by atoms with Gasteiger partial charge in [0.1, 0.15) is 0 Å². The lowest BCUT2D eigenvalue weighted by molar-refractivity contribution is -0.122. The monoisotopic (exact) mass is 170 g/mol. The molecule has 0 aromatic rings. The van der Waals surface area contributed by atoms with Gasteiger partial charge in [0.15, 0.2) is 0 Å². The van der Waals surface area contributed by atoms with Crippen LogP contribution in [0.5, 0.6) is 0 Å². The molecule has 1 fully saturated rings. The van der Waals surface area contributed by atoms with E-state index in [0.29, 0.717) is 12.5 Å². The van der Waals surface area contributed by atoms with E-state index in [0.717, 1.165) is 13.0 Å². The van der Waals surface area contributed by atoms with E-state index < -0.39 is 0 Å². The average Bonchev–Trinajstić information content (AvgIpc) is 1.91. The minimum atomic E-state index is 0.146. The quantitative estimate of drug-likeness (QED) is 0.607. The Morgan fingerprint density at radius 3 is 2.58 bits per heavy atom. The van der Waals surface area contributed by atoms with Crippen LogP contribution in [0.4, 0.5) is 0 Å². The minimum Gasteiger partial charge on any atom is -0.355 e. The molecule has 1 saturated heterocycles.